The maximum absolute atomic E-state index is 12.4. The van der Waals surface area contributed by atoms with Crippen LogP contribution in [0.4, 0.5) is 4.79 Å². The fourth-order valence-electron chi connectivity index (χ4n) is 2.68. The van der Waals surface area contributed by atoms with Crippen molar-refractivity contribution in [2.24, 2.45) is 0 Å². The van der Waals surface area contributed by atoms with Gasteiger partial charge in [-0.05, 0) is 31.5 Å². The Labute approximate surface area is 171 Å². The van der Waals surface area contributed by atoms with Gasteiger partial charge in [0, 0.05) is 11.9 Å². The van der Waals surface area contributed by atoms with Crippen molar-refractivity contribution in [2.45, 2.75) is 26.7 Å². The molecular weight excluding hydrogens is 392 g/mol. The van der Waals surface area contributed by atoms with Crippen molar-refractivity contribution in [3.05, 3.63) is 47.0 Å². The third-order valence-corrected chi connectivity index (χ3v) is 5.24. The predicted molar refractivity (Wildman–Crippen MR) is 110 cm³/mol. The van der Waals surface area contributed by atoms with Gasteiger partial charge < -0.3 is 10.1 Å². The summed E-state index contributed by atoms with van der Waals surface area (Å²) in [5.41, 5.74) is 1.68. The summed E-state index contributed by atoms with van der Waals surface area (Å²) in [6.45, 7) is 3.82. The summed E-state index contributed by atoms with van der Waals surface area (Å²) < 4.78 is 6.83. The summed E-state index contributed by atoms with van der Waals surface area (Å²) in [6, 6.07) is 10.7. The molecular formula is C20H22N4O4S. The molecule has 3 aromatic rings. The summed E-state index contributed by atoms with van der Waals surface area (Å²) in [5.74, 6) is -1.30. The number of carbonyl (C=O) groups excluding carboxylic acids is 3. The lowest BCUT2D eigenvalue weighted by Crippen LogP contribution is -2.41. The molecule has 0 aliphatic heterocycles. The molecule has 0 unspecified atom stereocenters. The molecule has 0 radical (unpaired) electrons. The van der Waals surface area contributed by atoms with Crippen LogP contribution in [0.5, 0.6) is 0 Å². The lowest BCUT2D eigenvalue weighted by molar-refractivity contribution is -0.123. The fraction of sp³-hybridized carbons (Fsp3) is 0.300. The summed E-state index contributed by atoms with van der Waals surface area (Å²) in [6.07, 6.45) is 1.75. The van der Waals surface area contributed by atoms with Crippen molar-refractivity contribution in [3.8, 4) is 5.69 Å². The number of carbonyl (C=O) groups is 3. The van der Waals surface area contributed by atoms with Gasteiger partial charge in [-0.3, -0.25) is 10.1 Å². The Kier molecular flexibility index (Phi) is 6.61. The molecule has 0 aliphatic rings. The Morgan fingerprint density at radius 1 is 1.21 bits per heavy atom. The molecule has 0 saturated heterocycles. The third-order valence-electron chi connectivity index (χ3n) is 4.15. The molecule has 0 spiro atoms. The van der Waals surface area contributed by atoms with E-state index in [4.69, 9.17) is 4.74 Å². The van der Waals surface area contributed by atoms with Crippen LogP contribution in [0.1, 0.15) is 35.1 Å². The molecule has 152 valence electrons. The van der Waals surface area contributed by atoms with Crippen LogP contribution in [-0.2, 0) is 9.53 Å². The first-order valence-corrected chi connectivity index (χ1v) is 10.1. The summed E-state index contributed by atoms with van der Waals surface area (Å²) in [4.78, 5) is 36.9. The first-order chi connectivity index (χ1) is 14.0. The smallest absolute Gasteiger partial charge is 0.348 e. The zero-order valence-corrected chi connectivity index (χ0v) is 17.0. The highest BCUT2D eigenvalue weighted by atomic mass is 32.1. The number of urea groups is 1. The van der Waals surface area contributed by atoms with E-state index in [1.54, 1.807) is 10.7 Å². The Hall–Kier alpha value is -3.20. The van der Waals surface area contributed by atoms with Crippen LogP contribution in [0.25, 0.3) is 15.9 Å². The Morgan fingerprint density at radius 3 is 2.69 bits per heavy atom. The van der Waals surface area contributed by atoms with Gasteiger partial charge in [0.05, 0.1) is 11.4 Å². The molecule has 2 heterocycles. The average molecular weight is 414 g/mol. The molecule has 3 rings (SSSR count). The molecule has 0 saturated carbocycles. The van der Waals surface area contributed by atoms with E-state index in [1.165, 1.54) is 11.3 Å². The number of nitrogens with zero attached hydrogens (tertiary/aromatic N) is 2. The van der Waals surface area contributed by atoms with E-state index < -0.39 is 24.5 Å². The second-order valence-corrected chi connectivity index (χ2v) is 7.43. The van der Waals surface area contributed by atoms with E-state index in [9.17, 15) is 14.4 Å². The highest BCUT2D eigenvalue weighted by Gasteiger charge is 2.19. The van der Waals surface area contributed by atoms with Crippen molar-refractivity contribution in [1.82, 2.24) is 20.4 Å². The topological polar surface area (TPSA) is 102 Å². The van der Waals surface area contributed by atoms with Crippen molar-refractivity contribution >= 4 is 39.5 Å². The second-order valence-electron chi connectivity index (χ2n) is 6.40. The van der Waals surface area contributed by atoms with E-state index in [0.29, 0.717) is 11.4 Å². The van der Waals surface area contributed by atoms with Crippen LogP contribution in [0.2, 0.25) is 0 Å². The van der Waals surface area contributed by atoms with Gasteiger partial charge in [0.1, 0.15) is 9.71 Å². The van der Waals surface area contributed by atoms with Gasteiger partial charge in [0.25, 0.3) is 5.91 Å². The van der Waals surface area contributed by atoms with Gasteiger partial charge in [-0.2, -0.15) is 5.10 Å². The van der Waals surface area contributed by atoms with Gasteiger partial charge in [-0.25, -0.2) is 14.3 Å². The maximum Gasteiger partial charge on any atom is 0.348 e. The number of thiophene rings is 1. The van der Waals surface area contributed by atoms with Crippen LogP contribution in [0.3, 0.4) is 0 Å². The zero-order chi connectivity index (χ0) is 20.8. The quantitative estimate of drug-likeness (QED) is 0.457. The van der Waals surface area contributed by atoms with Crippen molar-refractivity contribution in [1.29, 1.82) is 0 Å². The number of ether oxygens (including phenoxy) is 1. The number of imide groups is 1. The number of unbranched alkanes of at least 4 members (excludes halogenated alkanes) is 1. The first kappa shape index (κ1) is 20.5. The molecule has 29 heavy (non-hydrogen) atoms. The molecule has 1 aromatic carbocycles. The molecule has 0 atom stereocenters. The fourth-order valence-corrected chi connectivity index (χ4v) is 3.76. The number of para-hydroxylation sites is 1. The number of esters is 1. The SMILES string of the molecule is CCCCNC(=O)NC(=O)COC(=O)c1cc2c(C)nn(-c3ccccc3)c2s1. The number of hydrogen-bond donors (Lipinski definition) is 2. The van der Waals surface area contributed by atoms with Crippen LogP contribution in [0, 0.1) is 6.92 Å². The Balaban J connectivity index is 1.63. The summed E-state index contributed by atoms with van der Waals surface area (Å²) >= 11 is 1.24. The van der Waals surface area contributed by atoms with Gasteiger partial charge in [-0.1, -0.05) is 31.5 Å². The molecule has 8 nitrogen and oxygen atoms in total. The number of amides is 3. The molecule has 0 fully saturated rings. The van der Waals surface area contributed by atoms with Gasteiger partial charge >= 0.3 is 12.0 Å². The van der Waals surface area contributed by atoms with E-state index in [2.05, 4.69) is 15.7 Å². The van der Waals surface area contributed by atoms with Crippen LogP contribution in [0.15, 0.2) is 36.4 Å². The number of rotatable bonds is 7. The number of aromatic nitrogens is 2. The molecule has 2 N–H and O–H groups in total. The standard InChI is InChI=1S/C20H22N4O4S/c1-3-4-10-21-20(27)22-17(25)12-28-19(26)16-11-15-13(2)23-24(18(15)29-16)14-8-6-5-7-9-14/h5-9,11H,3-4,10,12H2,1-2H3,(H2,21,22,25,27). The number of nitrogens with one attached hydrogen (secondary N) is 2. The number of benzene rings is 1. The van der Waals surface area contributed by atoms with Crippen molar-refractivity contribution in [3.63, 3.8) is 0 Å². The van der Waals surface area contributed by atoms with Crippen LogP contribution >= 0.6 is 11.3 Å². The summed E-state index contributed by atoms with van der Waals surface area (Å²) in [5, 5.41) is 10.1. The average Bonchev–Trinajstić information content (AvgIpc) is 3.28. The zero-order valence-electron chi connectivity index (χ0n) is 16.2. The molecule has 3 amide bonds. The minimum absolute atomic E-state index is 0.366. The third kappa shape index (κ3) is 5.00. The van der Waals surface area contributed by atoms with Gasteiger partial charge in [0.2, 0.25) is 0 Å². The highest BCUT2D eigenvalue weighted by Crippen LogP contribution is 2.30. The van der Waals surface area contributed by atoms with E-state index in [1.807, 2.05) is 44.2 Å². The largest absolute Gasteiger partial charge is 0.451 e. The van der Waals surface area contributed by atoms with E-state index in [0.717, 1.165) is 34.4 Å². The number of fused-ring (bicyclic) bond motifs is 1. The monoisotopic (exact) mass is 414 g/mol. The number of hydrogen-bond acceptors (Lipinski definition) is 6. The first-order valence-electron chi connectivity index (χ1n) is 9.29. The summed E-state index contributed by atoms with van der Waals surface area (Å²) in [7, 11) is 0. The number of aryl methyl sites for hydroxylation is 1. The lowest BCUT2D eigenvalue weighted by Gasteiger charge is -2.06. The molecule has 0 aliphatic carbocycles. The molecule has 0 bridgehead atoms. The van der Waals surface area contributed by atoms with E-state index >= 15 is 0 Å². The highest BCUT2D eigenvalue weighted by molar-refractivity contribution is 7.20. The second kappa shape index (κ2) is 9.33. The molecule has 2 aromatic heterocycles. The molecule has 9 heteroatoms. The van der Waals surface area contributed by atoms with Gasteiger partial charge in [0.15, 0.2) is 6.61 Å². The normalized spacial score (nSPS) is 10.7. The lowest BCUT2D eigenvalue weighted by atomic mass is 10.3. The van der Waals surface area contributed by atoms with Crippen LogP contribution in [-0.4, -0.2) is 40.8 Å². The Morgan fingerprint density at radius 2 is 1.97 bits per heavy atom. The predicted octanol–water partition coefficient (Wildman–Crippen LogP) is 3.18. The minimum Gasteiger partial charge on any atom is -0.451 e. The van der Waals surface area contributed by atoms with Crippen LogP contribution < -0.4 is 10.6 Å². The maximum atomic E-state index is 12.4. The van der Waals surface area contributed by atoms with Crippen molar-refractivity contribution < 1.29 is 19.1 Å². The minimum atomic E-state index is -0.680. The Bertz CT molecular complexity index is 1030. The van der Waals surface area contributed by atoms with Gasteiger partial charge in [-0.15, -0.1) is 11.3 Å². The van der Waals surface area contributed by atoms with Crippen molar-refractivity contribution in [2.75, 3.05) is 13.2 Å². The van der Waals surface area contributed by atoms with E-state index in [-0.39, 0.29) is 0 Å².